The molecule has 0 radical (unpaired) electrons. The summed E-state index contributed by atoms with van der Waals surface area (Å²) >= 11 is 0. The Morgan fingerprint density at radius 2 is 2.04 bits per heavy atom. The van der Waals surface area contributed by atoms with Crippen LogP contribution in [0.15, 0.2) is 48.0 Å². The highest BCUT2D eigenvalue weighted by Gasteiger charge is 2.15. The molecule has 0 aromatic heterocycles. The standard InChI is InChI=1S/C16H10FN3O4/c17-12-3-1-2-4-13(12)19-16(22)11(9-18)7-10-5-6-15(21)14(8-10)20(23)24/h1-8,21H,(H,19,22)/b11-7-. The molecule has 2 aromatic carbocycles. The van der Waals surface area contributed by atoms with E-state index >= 15 is 0 Å². The summed E-state index contributed by atoms with van der Waals surface area (Å²) in [6.07, 6.45) is 1.10. The molecule has 8 heteroatoms. The van der Waals surface area contributed by atoms with Crippen molar-refractivity contribution in [1.82, 2.24) is 0 Å². The largest absolute Gasteiger partial charge is 0.502 e. The van der Waals surface area contributed by atoms with Crippen molar-refractivity contribution in [1.29, 1.82) is 5.26 Å². The molecule has 0 fully saturated rings. The molecule has 0 aliphatic heterocycles. The maximum absolute atomic E-state index is 13.5. The van der Waals surface area contributed by atoms with Gasteiger partial charge in [0.25, 0.3) is 5.91 Å². The molecule has 24 heavy (non-hydrogen) atoms. The van der Waals surface area contributed by atoms with E-state index in [-0.39, 0.29) is 16.8 Å². The minimum absolute atomic E-state index is 0.0969. The molecule has 2 aromatic rings. The Hall–Kier alpha value is -3.73. The zero-order valence-electron chi connectivity index (χ0n) is 12.1. The summed E-state index contributed by atoms with van der Waals surface area (Å²) in [6.45, 7) is 0. The number of nitrogens with zero attached hydrogens (tertiary/aromatic N) is 2. The molecule has 0 heterocycles. The predicted octanol–water partition coefficient (Wildman–Crippen LogP) is 2.99. The number of benzene rings is 2. The molecule has 0 aliphatic rings. The molecule has 7 nitrogen and oxygen atoms in total. The molecule has 0 aliphatic carbocycles. The third-order valence-corrected chi connectivity index (χ3v) is 2.99. The summed E-state index contributed by atoms with van der Waals surface area (Å²) in [5, 5.41) is 31.5. The van der Waals surface area contributed by atoms with Gasteiger partial charge in [-0.15, -0.1) is 0 Å². The summed E-state index contributed by atoms with van der Waals surface area (Å²) < 4.78 is 13.5. The van der Waals surface area contributed by atoms with Gasteiger partial charge in [0.2, 0.25) is 0 Å². The van der Waals surface area contributed by atoms with Crippen LogP contribution in [0.2, 0.25) is 0 Å². The number of halogens is 1. The van der Waals surface area contributed by atoms with Crippen molar-refractivity contribution in [3.05, 3.63) is 69.5 Å². The van der Waals surface area contributed by atoms with E-state index in [1.54, 1.807) is 6.07 Å². The van der Waals surface area contributed by atoms with Gasteiger partial charge < -0.3 is 10.4 Å². The van der Waals surface area contributed by atoms with Crippen LogP contribution in [0.4, 0.5) is 15.8 Å². The minimum atomic E-state index is -0.863. The Balaban J connectivity index is 2.31. The first-order chi connectivity index (χ1) is 11.4. The predicted molar refractivity (Wildman–Crippen MR) is 83.4 cm³/mol. The molecule has 120 valence electrons. The molecule has 0 bridgehead atoms. The molecule has 0 saturated carbocycles. The van der Waals surface area contributed by atoms with Crippen LogP contribution in [0.5, 0.6) is 5.75 Å². The Morgan fingerprint density at radius 1 is 1.33 bits per heavy atom. The lowest BCUT2D eigenvalue weighted by atomic mass is 10.1. The van der Waals surface area contributed by atoms with E-state index in [1.807, 2.05) is 0 Å². The molecular weight excluding hydrogens is 317 g/mol. The van der Waals surface area contributed by atoms with Gasteiger partial charge in [-0.1, -0.05) is 18.2 Å². The van der Waals surface area contributed by atoms with Crippen LogP contribution in [0, 0.1) is 27.3 Å². The smallest absolute Gasteiger partial charge is 0.311 e. The zero-order valence-corrected chi connectivity index (χ0v) is 12.1. The number of phenols is 1. The highest BCUT2D eigenvalue weighted by atomic mass is 19.1. The van der Waals surface area contributed by atoms with Gasteiger partial charge in [0.1, 0.15) is 17.5 Å². The van der Waals surface area contributed by atoms with Gasteiger partial charge in [0.15, 0.2) is 5.75 Å². The van der Waals surface area contributed by atoms with Crippen molar-refractivity contribution in [2.45, 2.75) is 0 Å². The highest BCUT2D eigenvalue weighted by molar-refractivity contribution is 6.09. The average molecular weight is 327 g/mol. The summed E-state index contributed by atoms with van der Waals surface area (Å²) in [4.78, 5) is 22.0. The van der Waals surface area contributed by atoms with E-state index in [2.05, 4.69) is 5.32 Å². The highest BCUT2D eigenvalue weighted by Crippen LogP contribution is 2.27. The number of para-hydroxylation sites is 1. The molecule has 0 unspecified atom stereocenters. The second-order valence-electron chi connectivity index (χ2n) is 4.61. The third kappa shape index (κ3) is 3.72. The van der Waals surface area contributed by atoms with Crippen molar-refractivity contribution in [2.24, 2.45) is 0 Å². The maximum Gasteiger partial charge on any atom is 0.311 e. The van der Waals surface area contributed by atoms with Crippen LogP contribution in [-0.2, 0) is 4.79 Å². The Morgan fingerprint density at radius 3 is 2.67 bits per heavy atom. The first kappa shape index (κ1) is 16.6. The van der Waals surface area contributed by atoms with Gasteiger partial charge in [0, 0.05) is 6.07 Å². The van der Waals surface area contributed by atoms with E-state index in [9.17, 15) is 24.4 Å². The van der Waals surface area contributed by atoms with E-state index in [4.69, 9.17) is 5.26 Å². The van der Waals surface area contributed by atoms with Crippen molar-refractivity contribution in [3.8, 4) is 11.8 Å². The molecule has 0 spiro atoms. The van der Waals surface area contributed by atoms with Gasteiger partial charge in [-0.25, -0.2) is 4.39 Å². The average Bonchev–Trinajstić information content (AvgIpc) is 2.55. The van der Waals surface area contributed by atoms with Gasteiger partial charge in [-0.2, -0.15) is 5.26 Å². The van der Waals surface area contributed by atoms with E-state index < -0.39 is 28.1 Å². The van der Waals surface area contributed by atoms with Crippen molar-refractivity contribution in [3.63, 3.8) is 0 Å². The van der Waals surface area contributed by atoms with Crippen LogP contribution in [-0.4, -0.2) is 15.9 Å². The molecular formula is C16H10FN3O4. The fourth-order valence-corrected chi connectivity index (χ4v) is 1.84. The van der Waals surface area contributed by atoms with Gasteiger partial charge in [-0.05, 0) is 29.8 Å². The van der Waals surface area contributed by atoms with E-state index in [0.717, 1.165) is 24.3 Å². The fourth-order valence-electron chi connectivity index (χ4n) is 1.84. The van der Waals surface area contributed by atoms with Crippen molar-refractivity contribution >= 4 is 23.4 Å². The van der Waals surface area contributed by atoms with Crippen LogP contribution in [0.1, 0.15) is 5.56 Å². The molecule has 2 N–H and O–H groups in total. The number of hydrogen-bond donors (Lipinski definition) is 2. The number of phenolic OH excluding ortho intramolecular Hbond substituents is 1. The number of nitro benzene ring substituents is 1. The molecule has 0 atom stereocenters. The number of nitriles is 1. The SMILES string of the molecule is N#C/C(=C/c1ccc(O)c([N+](=O)[O-])c1)C(=O)Nc1ccccc1F. The molecule has 2 rings (SSSR count). The fraction of sp³-hybridized carbons (Fsp3) is 0. The number of nitrogens with one attached hydrogen (secondary N) is 1. The van der Waals surface area contributed by atoms with E-state index in [0.29, 0.717) is 0 Å². The molecule has 0 saturated heterocycles. The van der Waals surface area contributed by atoms with Crippen molar-refractivity contribution < 1.29 is 19.2 Å². The normalized spacial score (nSPS) is 10.8. The number of amides is 1. The topological polar surface area (TPSA) is 116 Å². The number of anilines is 1. The number of nitro groups is 1. The summed E-state index contributed by atoms with van der Waals surface area (Å²) in [5.41, 5.74) is -0.867. The van der Waals surface area contributed by atoms with Crippen LogP contribution in [0.3, 0.4) is 0 Å². The lowest BCUT2D eigenvalue weighted by Gasteiger charge is -2.05. The maximum atomic E-state index is 13.5. The van der Waals surface area contributed by atoms with Gasteiger partial charge >= 0.3 is 5.69 Å². The Bertz CT molecular complexity index is 887. The monoisotopic (exact) mass is 327 g/mol. The number of carbonyl (C=O) groups excluding carboxylic acids is 1. The van der Waals surface area contributed by atoms with Crippen LogP contribution < -0.4 is 5.32 Å². The third-order valence-electron chi connectivity index (χ3n) is 2.99. The van der Waals surface area contributed by atoms with Crippen LogP contribution in [0.25, 0.3) is 6.08 Å². The number of rotatable bonds is 4. The van der Waals surface area contributed by atoms with Crippen molar-refractivity contribution in [2.75, 3.05) is 5.32 Å². The van der Waals surface area contributed by atoms with Gasteiger partial charge in [0.05, 0.1) is 10.6 Å². The van der Waals surface area contributed by atoms with Gasteiger partial charge in [-0.3, -0.25) is 14.9 Å². The number of aromatic hydroxyl groups is 1. The lowest BCUT2D eigenvalue weighted by molar-refractivity contribution is -0.385. The summed E-state index contributed by atoms with van der Waals surface area (Å²) in [6, 6.07) is 10.5. The number of hydrogen-bond acceptors (Lipinski definition) is 5. The minimum Gasteiger partial charge on any atom is -0.502 e. The summed E-state index contributed by atoms with van der Waals surface area (Å²) in [5.74, 6) is -2.06. The second kappa shape index (κ2) is 7.02. The first-order valence-corrected chi connectivity index (χ1v) is 6.57. The summed E-state index contributed by atoms with van der Waals surface area (Å²) in [7, 11) is 0. The zero-order chi connectivity index (χ0) is 17.7. The first-order valence-electron chi connectivity index (χ1n) is 6.57. The van der Waals surface area contributed by atoms with E-state index in [1.165, 1.54) is 24.3 Å². The second-order valence-corrected chi connectivity index (χ2v) is 4.61. The lowest BCUT2D eigenvalue weighted by Crippen LogP contribution is -2.14. The molecule has 1 amide bonds. The quantitative estimate of drug-likeness (QED) is 0.387. The van der Waals surface area contributed by atoms with Crippen LogP contribution >= 0.6 is 0 Å². The Kier molecular flexibility index (Phi) is 4.87. The number of carbonyl (C=O) groups is 1. The Labute approximate surface area is 135 Å².